The zero-order valence-corrected chi connectivity index (χ0v) is 12.6. The van der Waals surface area contributed by atoms with Gasteiger partial charge in [-0.3, -0.25) is 0 Å². The molecule has 1 aromatic rings. The van der Waals surface area contributed by atoms with Crippen LogP contribution in [0.1, 0.15) is 54.7 Å². The van der Waals surface area contributed by atoms with E-state index < -0.39 is 5.97 Å². The molecule has 1 heterocycles. The Labute approximate surface area is 124 Å². The van der Waals surface area contributed by atoms with E-state index in [1.165, 1.54) is 12.8 Å². The summed E-state index contributed by atoms with van der Waals surface area (Å²) in [5.41, 5.74) is 1.06. The number of carbonyl (C=O) groups excluding carboxylic acids is 1. The van der Waals surface area contributed by atoms with Crippen LogP contribution < -0.4 is 5.32 Å². The Morgan fingerprint density at radius 1 is 1.29 bits per heavy atom. The summed E-state index contributed by atoms with van der Waals surface area (Å²) >= 11 is 0. The third-order valence-electron chi connectivity index (χ3n) is 4.10. The second-order valence-corrected chi connectivity index (χ2v) is 5.73. The summed E-state index contributed by atoms with van der Waals surface area (Å²) in [7, 11) is 1.78. The molecule has 0 bridgehead atoms. The van der Waals surface area contributed by atoms with E-state index in [2.05, 4.69) is 10.3 Å². The number of carboxylic acids is 1. The second-order valence-electron chi connectivity index (χ2n) is 5.73. The molecule has 0 atom stereocenters. The number of urea groups is 1. The van der Waals surface area contributed by atoms with Crippen molar-refractivity contribution >= 4 is 17.7 Å². The Balaban J connectivity index is 2.04. The zero-order chi connectivity index (χ0) is 15.4. The number of rotatable bonds is 3. The van der Waals surface area contributed by atoms with Crippen LogP contribution in [0.25, 0.3) is 0 Å². The van der Waals surface area contributed by atoms with Crippen molar-refractivity contribution in [2.24, 2.45) is 0 Å². The maximum Gasteiger partial charge on any atom is 0.354 e. The minimum absolute atomic E-state index is 0.0233. The van der Waals surface area contributed by atoms with Crippen LogP contribution in [0.3, 0.4) is 0 Å². The smallest absolute Gasteiger partial charge is 0.354 e. The zero-order valence-electron chi connectivity index (χ0n) is 12.6. The molecule has 21 heavy (non-hydrogen) atoms. The van der Waals surface area contributed by atoms with Crippen molar-refractivity contribution in [1.82, 2.24) is 9.88 Å². The Hall–Kier alpha value is -1.98. The topological polar surface area (TPSA) is 85.4 Å². The highest BCUT2D eigenvalue weighted by atomic mass is 16.4. The molecule has 0 aromatic carbocycles. The van der Waals surface area contributed by atoms with Gasteiger partial charge in [0.05, 0.1) is 5.69 Å². The highest BCUT2D eigenvalue weighted by molar-refractivity contribution is 5.99. The average molecular weight is 293 g/mol. The van der Waals surface area contributed by atoms with Gasteiger partial charge in [-0.1, -0.05) is 25.7 Å². The summed E-state index contributed by atoms with van der Waals surface area (Å²) < 4.78 is 0. The third kappa shape index (κ3) is 3.77. The van der Waals surface area contributed by atoms with E-state index in [9.17, 15) is 9.59 Å². The molecule has 6 heteroatoms. The maximum absolute atomic E-state index is 12.3. The normalized spacial score (nSPS) is 16.3. The molecule has 1 aliphatic carbocycles. The van der Waals surface area contributed by atoms with Crippen LogP contribution >= 0.6 is 0 Å². The van der Waals surface area contributed by atoms with Crippen LogP contribution in [-0.2, 0) is 0 Å². The van der Waals surface area contributed by atoms with Gasteiger partial charge in [-0.25, -0.2) is 9.59 Å². The second kappa shape index (κ2) is 6.65. The Morgan fingerprint density at radius 2 is 1.90 bits per heavy atom. The number of aromatic carboxylic acids is 1. The first-order valence-electron chi connectivity index (χ1n) is 7.45. The molecule has 0 unspecified atom stereocenters. The standard InChI is InChI=1S/C15H23N3O3/c1-10-9-12(13(16-10)14(19)20)17-15(21)18(2)11-7-5-3-4-6-8-11/h9,11,16H,3-8H2,1-2H3,(H,17,21)(H,19,20). The van der Waals surface area contributed by atoms with Crippen LogP contribution in [0.2, 0.25) is 0 Å². The van der Waals surface area contributed by atoms with Crippen LogP contribution in [0.15, 0.2) is 6.07 Å². The molecule has 2 rings (SSSR count). The van der Waals surface area contributed by atoms with Gasteiger partial charge < -0.3 is 20.3 Å². The molecule has 1 fully saturated rings. The first kappa shape index (κ1) is 15.4. The maximum atomic E-state index is 12.3. The van der Waals surface area contributed by atoms with Crippen molar-refractivity contribution in [3.8, 4) is 0 Å². The van der Waals surface area contributed by atoms with E-state index >= 15 is 0 Å². The summed E-state index contributed by atoms with van der Waals surface area (Å²) in [5, 5.41) is 11.8. The fourth-order valence-corrected chi connectivity index (χ4v) is 2.87. The molecule has 3 N–H and O–H groups in total. The quantitative estimate of drug-likeness (QED) is 0.748. The summed E-state index contributed by atoms with van der Waals surface area (Å²) in [6, 6.07) is 1.63. The van der Waals surface area contributed by atoms with Crippen LogP contribution in [0, 0.1) is 6.92 Å². The van der Waals surface area contributed by atoms with Crippen LogP contribution in [-0.4, -0.2) is 40.1 Å². The predicted molar refractivity (Wildman–Crippen MR) is 80.8 cm³/mol. The number of hydrogen-bond acceptors (Lipinski definition) is 2. The largest absolute Gasteiger partial charge is 0.477 e. The molecule has 0 aliphatic heterocycles. The van der Waals surface area contributed by atoms with E-state index in [-0.39, 0.29) is 17.8 Å². The number of nitrogens with one attached hydrogen (secondary N) is 2. The van der Waals surface area contributed by atoms with E-state index in [1.54, 1.807) is 24.9 Å². The van der Waals surface area contributed by atoms with Gasteiger partial charge in [0.1, 0.15) is 5.69 Å². The van der Waals surface area contributed by atoms with E-state index in [4.69, 9.17) is 5.11 Å². The number of carboxylic acid groups (broad SMARTS) is 1. The lowest BCUT2D eigenvalue weighted by molar-refractivity contribution is 0.0692. The highest BCUT2D eigenvalue weighted by Crippen LogP contribution is 2.22. The van der Waals surface area contributed by atoms with Gasteiger partial charge in [-0.05, 0) is 25.8 Å². The SMILES string of the molecule is Cc1cc(NC(=O)N(C)C2CCCCCC2)c(C(=O)O)[nH]1. The average Bonchev–Trinajstić information content (AvgIpc) is 2.66. The molecule has 116 valence electrons. The van der Waals surface area contributed by atoms with Gasteiger partial charge in [0.2, 0.25) is 0 Å². The molecular formula is C15H23N3O3. The van der Waals surface area contributed by atoms with Gasteiger partial charge in [-0.2, -0.15) is 0 Å². The number of aromatic nitrogens is 1. The Bertz CT molecular complexity index is 516. The Kier molecular flexibility index (Phi) is 4.88. The third-order valence-corrected chi connectivity index (χ3v) is 4.10. The van der Waals surface area contributed by atoms with Crippen molar-refractivity contribution in [2.75, 3.05) is 12.4 Å². The van der Waals surface area contributed by atoms with Crippen molar-refractivity contribution in [2.45, 2.75) is 51.5 Å². The number of amides is 2. The molecule has 0 saturated heterocycles. The lowest BCUT2D eigenvalue weighted by Gasteiger charge is -2.27. The fraction of sp³-hybridized carbons (Fsp3) is 0.600. The number of H-pyrrole nitrogens is 1. The number of aryl methyl sites for hydroxylation is 1. The van der Waals surface area contributed by atoms with E-state index in [1.807, 2.05) is 0 Å². The lowest BCUT2D eigenvalue weighted by Crippen LogP contribution is -2.39. The minimum Gasteiger partial charge on any atom is -0.477 e. The Morgan fingerprint density at radius 3 is 2.48 bits per heavy atom. The van der Waals surface area contributed by atoms with Crippen molar-refractivity contribution in [3.05, 3.63) is 17.5 Å². The summed E-state index contributed by atoms with van der Waals surface area (Å²) in [4.78, 5) is 27.9. The van der Waals surface area contributed by atoms with Crippen molar-refractivity contribution in [1.29, 1.82) is 0 Å². The van der Waals surface area contributed by atoms with E-state index in [0.29, 0.717) is 11.4 Å². The number of hydrogen-bond donors (Lipinski definition) is 3. The fourth-order valence-electron chi connectivity index (χ4n) is 2.87. The molecular weight excluding hydrogens is 270 g/mol. The molecule has 1 aromatic heterocycles. The van der Waals surface area contributed by atoms with Gasteiger partial charge in [0.25, 0.3) is 0 Å². The monoisotopic (exact) mass is 293 g/mol. The molecule has 6 nitrogen and oxygen atoms in total. The number of nitrogens with zero attached hydrogens (tertiary/aromatic N) is 1. The number of aromatic amines is 1. The molecule has 2 amide bonds. The molecule has 1 saturated carbocycles. The molecule has 1 aliphatic rings. The van der Waals surface area contributed by atoms with Gasteiger partial charge in [0, 0.05) is 18.8 Å². The van der Waals surface area contributed by atoms with Crippen LogP contribution in [0.4, 0.5) is 10.5 Å². The number of carbonyl (C=O) groups is 2. The minimum atomic E-state index is -1.07. The lowest BCUT2D eigenvalue weighted by atomic mass is 10.1. The van der Waals surface area contributed by atoms with Gasteiger partial charge in [-0.15, -0.1) is 0 Å². The molecule has 0 radical (unpaired) electrons. The van der Waals surface area contributed by atoms with Gasteiger partial charge in [0.15, 0.2) is 0 Å². The van der Waals surface area contributed by atoms with Gasteiger partial charge >= 0.3 is 12.0 Å². The number of anilines is 1. The highest BCUT2D eigenvalue weighted by Gasteiger charge is 2.23. The summed E-state index contributed by atoms with van der Waals surface area (Å²) in [5.74, 6) is -1.07. The summed E-state index contributed by atoms with van der Waals surface area (Å²) in [6.07, 6.45) is 6.78. The predicted octanol–water partition coefficient (Wildman–Crippen LogP) is 3.21. The van der Waals surface area contributed by atoms with E-state index in [0.717, 1.165) is 25.7 Å². The first-order chi connectivity index (χ1) is 9.99. The van der Waals surface area contributed by atoms with Crippen molar-refractivity contribution in [3.63, 3.8) is 0 Å². The van der Waals surface area contributed by atoms with Crippen molar-refractivity contribution < 1.29 is 14.7 Å². The first-order valence-corrected chi connectivity index (χ1v) is 7.45. The van der Waals surface area contributed by atoms with Crippen LogP contribution in [0.5, 0.6) is 0 Å². The molecule has 0 spiro atoms. The summed E-state index contributed by atoms with van der Waals surface area (Å²) in [6.45, 7) is 1.76.